The number of rotatable bonds is 5. The lowest BCUT2D eigenvalue weighted by molar-refractivity contribution is -0.128. The van der Waals surface area contributed by atoms with Gasteiger partial charge in [0.15, 0.2) is 0 Å². The summed E-state index contributed by atoms with van der Waals surface area (Å²) in [6.07, 6.45) is 4.70. The fraction of sp³-hybridized carbons (Fsp3) is 0.353. The Morgan fingerprint density at radius 1 is 1.26 bits per heavy atom. The van der Waals surface area contributed by atoms with Crippen LogP contribution in [0.15, 0.2) is 35.2 Å². The van der Waals surface area contributed by atoms with Crippen LogP contribution in [0.25, 0.3) is 6.08 Å². The summed E-state index contributed by atoms with van der Waals surface area (Å²) in [5.41, 5.74) is 0.885. The highest BCUT2D eigenvalue weighted by atomic mass is 32.2. The molecule has 0 spiro atoms. The number of carbonyl (C=O) groups is 3. The van der Waals surface area contributed by atoms with E-state index in [9.17, 15) is 14.4 Å². The Labute approximate surface area is 139 Å². The van der Waals surface area contributed by atoms with Gasteiger partial charge in [-0.2, -0.15) is 0 Å². The van der Waals surface area contributed by atoms with Crippen molar-refractivity contribution in [2.45, 2.75) is 19.3 Å². The summed E-state index contributed by atoms with van der Waals surface area (Å²) in [5, 5.41) is 2.52. The fourth-order valence-electron chi connectivity index (χ4n) is 2.50. The second-order valence-electron chi connectivity index (χ2n) is 5.66. The summed E-state index contributed by atoms with van der Waals surface area (Å²) in [7, 11) is 0. The van der Waals surface area contributed by atoms with E-state index >= 15 is 0 Å². The third-order valence-electron chi connectivity index (χ3n) is 4.08. The van der Waals surface area contributed by atoms with Gasteiger partial charge in [0.25, 0.3) is 11.1 Å². The third kappa shape index (κ3) is 3.64. The highest BCUT2D eigenvalue weighted by Crippen LogP contribution is 2.32. The molecule has 1 N–H and O–H groups in total. The number of nitrogens with one attached hydrogen (secondary N) is 1. The Balaban J connectivity index is 1.56. The number of hydrogen-bond acceptors (Lipinski definition) is 4. The van der Waals surface area contributed by atoms with Crippen molar-refractivity contribution in [2.75, 3.05) is 13.1 Å². The summed E-state index contributed by atoms with van der Waals surface area (Å²) in [5.74, 6) is -0.146. The van der Waals surface area contributed by atoms with E-state index in [1.165, 1.54) is 4.90 Å². The van der Waals surface area contributed by atoms with Gasteiger partial charge in [0.05, 0.1) is 4.91 Å². The minimum atomic E-state index is -0.290. The second-order valence-corrected chi connectivity index (χ2v) is 6.66. The van der Waals surface area contributed by atoms with Crippen LogP contribution in [0.4, 0.5) is 4.79 Å². The molecule has 0 atom stereocenters. The first-order chi connectivity index (χ1) is 11.1. The molecule has 120 valence electrons. The van der Waals surface area contributed by atoms with Crippen molar-refractivity contribution in [3.63, 3.8) is 0 Å². The topological polar surface area (TPSA) is 66.5 Å². The van der Waals surface area contributed by atoms with Crippen molar-refractivity contribution in [3.8, 4) is 0 Å². The number of benzene rings is 1. The molecular formula is C17H18N2O3S. The van der Waals surface area contributed by atoms with Crippen molar-refractivity contribution in [2.24, 2.45) is 5.92 Å². The molecular weight excluding hydrogens is 312 g/mol. The Bertz CT molecular complexity index is 653. The van der Waals surface area contributed by atoms with Crippen LogP contribution < -0.4 is 5.32 Å². The SMILES string of the molecule is O=C(NCCN1C(=O)S/C(=C\c2ccccc2)C1=O)C1CCC1. The molecule has 3 amide bonds. The molecule has 6 heteroatoms. The minimum Gasteiger partial charge on any atom is -0.354 e. The van der Waals surface area contributed by atoms with E-state index in [-0.39, 0.29) is 29.5 Å². The molecule has 0 unspecified atom stereocenters. The number of nitrogens with zero attached hydrogens (tertiary/aromatic N) is 1. The van der Waals surface area contributed by atoms with Gasteiger partial charge in [-0.25, -0.2) is 0 Å². The van der Waals surface area contributed by atoms with E-state index < -0.39 is 0 Å². The highest BCUT2D eigenvalue weighted by Gasteiger charge is 2.34. The summed E-state index contributed by atoms with van der Waals surface area (Å²) >= 11 is 0.943. The monoisotopic (exact) mass is 330 g/mol. The summed E-state index contributed by atoms with van der Waals surface area (Å²) < 4.78 is 0. The lowest BCUT2D eigenvalue weighted by Gasteiger charge is -2.24. The van der Waals surface area contributed by atoms with Crippen molar-refractivity contribution in [1.29, 1.82) is 0 Å². The van der Waals surface area contributed by atoms with Crippen LogP contribution in [0.1, 0.15) is 24.8 Å². The quantitative estimate of drug-likeness (QED) is 0.843. The van der Waals surface area contributed by atoms with Gasteiger partial charge < -0.3 is 5.32 Å². The first kappa shape index (κ1) is 15.8. The number of hydrogen-bond donors (Lipinski definition) is 1. The van der Waals surface area contributed by atoms with Gasteiger partial charge in [-0.05, 0) is 36.2 Å². The van der Waals surface area contributed by atoms with Crippen LogP contribution >= 0.6 is 11.8 Å². The predicted molar refractivity (Wildman–Crippen MR) is 89.5 cm³/mol. The van der Waals surface area contributed by atoms with Crippen LogP contribution in [0, 0.1) is 5.92 Å². The number of amides is 3. The van der Waals surface area contributed by atoms with E-state index in [4.69, 9.17) is 0 Å². The maximum atomic E-state index is 12.3. The van der Waals surface area contributed by atoms with Gasteiger partial charge in [0.2, 0.25) is 5.91 Å². The molecule has 1 saturated carbocycles. The lowest BCUT2D eigenvalue weighted by atomic mass is 9.85. The number of thioether (sulfide) groups is 1. The van der Waals surface area contributed by atoms with Crippen LogP contribution in [0.5, 0.6) is 0 Å². The Morgan fingerprint density at radius 3 is 2.65 bits per heavy atom. The molecule has 3 rings (SSSR count). The van der Waals surface area contributed by atoms with Gasteiger partial charge >= 0.3 is 0 Å². The molecule has 1 aliphatic carbocycles. The molecule has 0 bridgehead atoms. The molecule has 1 aromatic rings. The van der Waals surface area contributed by atoms with E-state index in [2.05, 4.69) is 5.32 Å². The second kappa shape index (κ2) is 7.00. The Morgan fingerprint density at radius 2 is 2.00 bits per heavy atom. The maximum absolute atomic E-state index is 12.3. The minimum absolute atomic E-state index is 0.0306. The van der Waals surface area contributed by atoms with Gasteiger partial charge in [-0.3, -0.25) is 19.3 Å². The molecule has 0 radical (unpaired) electrons. The zero-order valence-electron chi connectivity index (χ0n) is 12.7. The first-order valence-corrected chi connectivity index (χ1v) is 8.55. The molecule has 23 heavy (non-hydrogen) atoms. The van der Waals surface area contributed by atoms with Crippen molar-refractivity contribution < 1.29 is 14.4 Å². The molecule has 1 saturated heterocycles. The van der Waals surface area contributed by atoms with Crippen LogP contribution in [-0.4, -0.2) is 35.0 Å². The smallest absolute Gasteiger partial charge is 0.293 e. The van der Waals surface area contributed by atoms with Crippen LogP contribution in [-0.2, 0) is 9.59 Å². The average Bonchev–Trinajstić information content (AvgIpc) is 2.74. The standard InChI is InChI=1S/C17H18N2O3S/c20-15(13-7-4-8-13)18-9-10-19-16(21)14(23-17(19)22)11-12-5-2-1-3-6-12/h1-3,5-6,11,13H,4,7-10H2,(H,18,20)/b14-11-. The van der Waals surface area contributed by atoms with Crippen molar-refractivity contribution >= 4 is 34.9 Å². The van der Waals surface area contributed by atoms with Crippen molar-refractivity contribution in [1.82, 2.24) is 10.2 Å². The summed E-state index contributed by atoms with van der Waals surface area (Å²) in [6, 6.07) is 9.42. The zero-order chi connectivity index (χ0) is 16.2. The zero-order valence-corrected chi connectivity index (χ0v) is 13.5. The molecule has 1 heterocycles. The van der Waals surface area contributed by atoms with E-state index in [0.29, 0.717) is 11.4 Å². The molecule has 5 nitrogen and oxygen atoms in total. The third-order valence-corrected chi connectivity index (χ3v) is 4.99. The number of imide groups is 1. The van der Waals surface area contributed by atoms with Gasteiger partial charge in [0.1, 0.15) is 0 Å². The van der Waals surface area contributed by atoms with Crippen LogP contribution in [0.3, 0.4) is 0 Å². The van der Waals surface area contributed by atoms with Crippen molar-refractivity contribution in [3.05, 3.63) is 40.8 Å². The highest BCUT2D eigenvalue weighted by molar-refractivity contribution is 8.18. The van der Waals surface area contributed by atoms with Gasteiger partial charge in [0, 0.05) is 19.0 Å². The average molecular weight is 330 g/mol. The molecule has 1 aromatic carbocycles. The van der Waals surface area contributed by atoms with Crippen LogP contribution in [0.2, 0.25) is 0 Å². The molecule has 0 aromatic heterocycles. The number of carbonyl (C=O) groups excluding carboxylic acids is 3. The molecule has 2 fully saturated rings. The summed E-state index contributed by atoms with van der Waals surface area (Å²) in [6.45, 7) is 0.529. The first-order valence-electron chi connectivity index (χ1n) is 7.73. The lowest BCUT2D eigenvalue weighted by Crippen LogP contribution is -2.40. The Kier molecular flexibility index (Phi) is 4.81. The predicted octanol–water partition coefficient (Wildman–Crippen LogP) is 2.64. The largest absolute Gasteiger partial charge is 0.354 e. The summed E-state index contributed by atoms with van der Waals surface area (Å²) in [4.78, 5) is 37.6. The van der Waals surface area contributed by atoms with E-state index in [1.54, 1.807) is 6.08 Å². The Hall–Kier alpha value is -2.08. The van der Waals surface area contributed by atoms with Gasteiger partial charge in [-0.15, -0.1) is 0 Å². The van der Waals surface area contributed by atoms with E-state index in [1.807, 2.05) is 30.3 Å². The normalized spacial score (nSPS) is 20.0. The van der Waals surface area contributed by atoms with Gasteiger partial charge in [-0.1, -0.05) is 36.8 Å². The van der Waals surface area contributed by atoms with E-state index in [0.717, 1.165) is 36.6 Å². The molecule has 1 aliphatic heterocycles. The fourth-order valence-corrected chi connectivity index (χ4v) is 3.36. The molecule has 2 aliphatic rings. The maximum Gasteiger partial charge on any atom is 0.293 e.